The molecule has 3 amide bonds. The third-order valence-corrected chi connectivity index (χ3v) is 6.45. The lowest BCUT2D eigenvalue weighted by Crippen LogP contribution is -2.60. The molecule has 10 nitrogen and oxygen atoms in total. The van der Waals surface area contributed by atoms with Crippen molar-refractivity contribution in [3.63, 3.8) is 0 Å². The van der Waals surface area contributed by atoms with Crippen molar-refractivity contribution in [3.8, 4) is 0 Å². The van der Waals surface area contributed by atoms with Crippen LogP contribution in [0.1, 0.15) is 48.2 Å². The molecule has 1 unspecified atom stereocenters. The van der Waals surface area contributed by atoms with Crippen LogP contribution in [-0.2, 0) is 22.6 Å². The summed E-state index contributed by atoms with van der Waals surface area (Å²) < 4.78 is 1.79. The molecule has 0 aliphatic rings. The first-order chi connectivity index (χ1) is 19.0. The number of aromatic nitrogens is 2. The number of hydrogen-bond donors (Lipinski definition) is 4. The molecule has 1 aromatic heterocycles. The van der Waals surface area contributed by atoms with E-state index in [0.29, 0.717) is 30.8 Å². The number of aryl methyl sites for hydroxylation is 1. The van der Waals surface area contributed by atoms with E-state index in [0.717, 1.165) is 17.5 Å². The molecule has 212 valence electrons. The SMILES string of the molecule is CB(O)NC(C)(C)C(=O)NC(CCCc1ccccc1)C(=O)Nc1cn(Cc2ccccc2C(=O)N(C)C)cn1. The third-order valence-electron chi connectivity index (χ3n) is 6.45. The molecule has 3 aromatic rings. The van der Waals surface area contributed by atoms with E-state index < -0.39 is 24.5 Å². The lowest BCUT2D eigenvalue weighted by molar-refractivity contribution is -0.130. The van der Waals surface area contributed by atoms with Crippen LogP contribution in [0, 0.1) is 0 Å². The molecular formula is C29H39BN6O4. The number of rotatable bonds is 13. The number of anilines is 1. The first-order valence-corrected chi connectivity index (χ1v) is 13.4. The molecule has 0 radical (unpaired) electrons. The van der Waals surface area contributed by atoms with E-state index in [9.17, 15) is 19.4 Å². The van der Waals surface area contributed by atoms with Gasteiger partial charge in [-0.25, -0.2) is 4.98 Å². The molecule has 1 heterocycles. The van der Waals surface area contributed by atoms with Crippen molar-refractivity contribution >= 4 is 30.6 Å². The minimum absolute atomic E-state index is 0.0914. The lowest BCUT2D eigenvalue weighted by Gasteiger charge is -2.28. The second-order valence-electron chi connectivity index (χ2n) is 10.6. The second kappa shape index (κ2) is 13.9. The van der Waals surface area contributed by atoms with Crippen LogP contribution in [0.25, 0.3) is 0 Å². The van der Waals surface area contributed by atoms with Gasteiger partial charge in [0.25, 0.3) is 5.91 Å². The van der Waals surface area contributed by atoms with E-state index in [1.54, 1.807) is 51.1 Å². The summed E-state index contributed by atoms with van der Waals surface area (Å²) >= 11 is 0. The topological polar surface area (TPSA) is 129 Å². The van der Waals surface area contributed by atoms with E-state index in [-0.39, 0.29) is 11.8 Å². The van der Waals surface area contributed by atoms with Crippen LogP contribution in [-0.4, -0.2) is 69.9 Å². The van der Waals surface area contributed by atoms with Gasteiger partial charge in [-0.1, -0.05) is 48.5 Å². The number of nitrogens with one attached hydrogen (secondary N) is 3. The van der Waals surface area contributed by atoms with Gasteiger partial charge in [0, 0.05) is 32.4 Å². The molecule has 2 aromatic carbocycles. The van der Waals surface area contributed by atoms with Gasteiger partial charge in [-0.2, -0.15) is 0 Å². The molecule has 0 saturated heterocycles. The number of imidazole rings is 1. The highest BCUT2D eigenvalue weighted by atomic mass is 16.2. The zero-order valence-electron chi connectivity index (χ0n) is 23.8. The molecule has 0 aliphatic carbocycles. The van der Waals surface area contributed by atoms with Gasteiger partial charge in [0.05, 0.1) is 11.9 Å². The van der Waals surface area contributed by atoms with Crippen molar-refractivity contribution in [1.29, 1.82) is 0 Å². The fourth-order valence-electron chi connectivity index (χ4n) is 4.38. The van der Waals surface area contributed by atoms with E-state index in [4.69, 9.17) is 0 Å². The van der Waals surface area contributed by atoms with Crippen molar-refractivity contribution < 1.29 is 19.4 Å². The number of carbonyl (C=O) groups is 3. The molecule has 0 spiro atoms. The number of amides is 3. The normalized spacial score (nSPS) is 11.9. The van der Waals surface area contributed by atoms with Crippen LogP contribution in [0.3, 0.4) is 0 Å². The van der Waals surface area contributed by atoms with Crippen LogP contribution in [0.4, 0.5) is 5.82 Å². The Morgan fingerprint density at radius 1 is 1.07 bits per heavy atom. The minimum Gasteiger partial charge on any atom is -0.437 e. The summed E-state index contributed by atoms with van der Waals surface area (Å²) in [5, 5.41) is 18.2. The summed E-state index contributed by atoms with van der Waals surface area (Å²) in [6, 6.07) is 16.5. The molecule has 0 aliphatic heterocycles. The molecule has 11 heteroatoms. The Hall–Kier alpha value is -3.96. The monoisotopic (exact) mass is 546 g/mol. The van der Waals surface area contributed by atoms with Crippen LogP contribution < -0.4 is 15.9 Å². The fourth-order valence-corrected chi connectivity index (χ4v) is 4.38. The highest BCUT2D eigenvalue weighted by Crippen LogP contribution is 2.15. The molecule has 40 heavy (non-hydrogen) atoms. The predicted octanol–water partition coefficient (Wildman–Crippen LogP) is 2.56. The Balaban J connectivity index is 1.71. The van der Waals surface area contributed by atoms with Gasteiger partial charge in [-0.05, 0) is 57.1 Å². The maximum Gasteiger partial charge on any atom is 0.374 e. The highest BCUT2D eigenvalue weighted by Gasteiger charge is 2.33. The Morgan fingerprint density at radius 3 is 2.42 bits per heavy atom. The van der Waals surface area contributed by atoms with Gasteiger partial charge < -0.3 is 30.4 Å². The highest BCUT2D eigenvalue weighted by molar-refractivity contribution is 6.46. The number of benzene rings is 2. The van der Waals surface area contributed by atoms with Gasteiger partial charge in [-0.3, -0.25) is 14.4 Å². The Morgan fingerprint density at radius 2 is 1.75 bits per heavy atom. The number of carbonyl (C=O) groups excluding carboxylic acids is 3. The second-order valence-corrected chi connectivity index (χ2v) is 10.6. The van der Waals surface area contributed by atoms with Crippen LogP contribution in [0.2, 0.25) is 6.82 Å². The van der Waals surface area contributed by atoms with E-state index in [1.165, 1.54) is 11.7 Å². The smallest absolute Gasteiger partial charge is 0.374 e. The van der Waals surface area contributed by atoms with Crippen molar-refractivity contribution in [2.75, 3.05) is 19.4 Å². The maximum absolute atomic E-state index is 13.3. The molecule has 1 atom stereocenters. The van der Waals surface area contributed by atoms with Gasteiger partial charge in [-0.15, -0.1) is 0 Å². The average molecular weight is 546 g/mol. The average Bonchev–Trinajstić information content (AvgIpc) is 3.34. The van der Waals surface area contributed by atoms with Crippen LogP contribution in [0.15, 0.2) is 67.1 Å². The first kappa shape index (κ1) is 30.6. The Kier molecular flexibility index (Phi) is 10.6. The Bertz CT molecular complexity index is 1290. The summed E-state index contributed by atoms with van der Waals surface area (Å²) in [5.41, 5.74) is 1.48. The van der Waals surface area contributed by atoms with Gasteiger partial charge in [0.2, 0.25) is 11.8 Å². The predicted molar refractivity (Wildman–Crippen MR) is 157 cm³/mol. The molecular weight excluding hydrogens is 507 g/mol. The third kappa shape index (κ3) is 8.79. The molecule has 0 saturated carbocycles. The fraction of sp³-hybridized carbons (Fsp3) is 0.379. The summed E-state index contributed by atoms with van der Waals surface area (Å²) in [5.74, 6) is -0.542. The van der Waals surface area contributed by atoms with Crippen LogP contribution >= 0.6 is 0 Å². The maximum atomic E-state index is 13.3. The molecule has 3 rings (SSSR count). The summed E-state index contributed by atoms with van der Waals surface area (Å²) in [6.45, 7) is 5.22. The zero-order valence-corrected chi connectivity index (χ0v) is 23.8. The number of hydrogen-bond acceptors (Lipinski definition) is 6. The van der Waals surface area contributed by atoms with E-state index >= 15 is 0 Å². The quantitative estimate of drug-likeness (QED) is 0.244. The summed E-state index contributed by atoms with van der Waals surface area (Å²) in [7, 11) is 2.52. The van der Waals surface area contributed by atoms with Crippen molar-refractivity contribution in [3.05, 3.63) is 83.8 Å². The largest absolute Gasteiger partial charge is 0.437 e. The van der Waals surface area contributed by atoms with Crippen LogP contribution in [0.5, 0.6) is 0 Å². The molecule has 4 N–H and O–H groups in total. The van der Waals surface area contributed by atoms with Gasteiger partial charge in [0.15, 0.2) is 5.82 Å². The van der Waals surface area contributed by atoms with Gasteiger partial charge in [0.1, 0.15) is 6.04 Å². The van der Waals surface area contributed by atoms with Crippen molar-refractivity contribution in [2.24, 2.45) is 0 Å². The minimum atomic E-state index is -1.09. The Labute approximate surface area is 236 Å². The molecule has 0 bridgehead atoms. The van der Waals surface area contributed by atoms with Crippen molar-refractivity contribution in [1.82, 2.24) is 25.0 Å². The molecule has 0 fully saturated rings. The number of nitrogens with zero attached hydrogens (tertiary/aromatic N) is 3. The zero-order chi connectivity index (χ0) is 29.3. The lowest BCUT2D eigenvalue weighted by atomic mass is 9.83. The summed E-state index contributed by atoms with van der Waals surface area (Å²) in [6.07, 6.45) is 5.13. The van der Waals surface area contributed by atoms with E-state index in [1.807, 2.05) is 48.5 Å². The van der Waals surface area contributed by atoms with E-state index in [2.05, 4.69) is 20.8 Å². The first-order valence-electron chi connectivity index (χ1n) is 13.4. The summed E-state index contributed by atoms with van der Waals surface area (Å²) in [4.78, 5) is 44.8. The van der Waals surface area contributed by atoms with Gasteiger partial charge >= 0.3 is 7.05 Å². The van der Waals surface area contributed by atoms with Crippen molar-refractivity contribution in [2.45, 2.75) is 58.1 Å². The standard InChI is InChI=1S/C29H39BN6O4/c1-29(2,34-30(3)40)28(39)32-24(17-11-14-21-12-7-6-8-13-21)26(37)33-25-19-36(20-31-25)18-22-15-9-10-16-23(22)27(38)35(4)5/h6-10,12-13,15-16,19-20,24,34,40H,11,14,17-18H2,1-5H3,(H,32,39)(H,33,37).